The number of hydrogen-bond acceptors (Lipinski definition) is 5. The van der Waals surface area contributed by atoms with Crippen molar-refractivity contribution < 1.29 is 28.9 Å². The molecule has 3 heterocycles. The maximum atomic E-state index is 12.6. The number of furan rings is 1. The third-order valence-electron chi connectivity index (χ3n) is 5.10. The van der Waals surface area contributed by atoms with Crippen LogP contribution in [0, 0.1) is 11.8 Å². The van der Waals surface area contributed by atoms with Crippen LogP contribution in [0.2, 0.25) is 0 Å². The van der Waals surface area contributed by atoms with Crippen molar-refractivity contribution in [2.24, 2.45) is 11.8 Å². The lowest BCUT2D eigenvalue weighted by atomic mass is 9.78. The van der Waals surface area contributed by atoms with Crippen LogP contribution < -0.4 is 5.32 Å². The predicted octanol–water partition coefficient (Wildman–Crippen LogP) is -0.159. The highest BCUT2D eigenvalue weighted by Crippen LogP contribution is 2.45. The minimum absolute atomic E-state index is 0.231. The smallest absolute Gasteiger partial charge is 0.368 e. The Labute approximate surface area is 134 Å². The summed E-state index contributed by atoms with van der Waals surface area (Å²) in [4.78, 5) is 39.0. The van der Waals surface area contributed by atoms with Crippen molar-refractivity contribution >= 4 is 17.8 Å². The Balaban J connectivity index is 2.10. The Bertz CT molecular complexity index is 641. The van der Waals surface area contributed by atoms with Gasteiger partial charge in [0.15, 0.2) is 11.8 Å². The van der Waals surface area contributed by atoms with Crippen LogP contribution in [0.4, 0.5) is 0 Å². The molecule has 0 bridgehead atoms. The highest BCUT2D eigenvalue weighted by atomic mass is 16.5. The number of fused-ring (bicyclic) bond motifs is 1. The molecule has 0 aromatic carbocycles. The first-order valence-corrected chi connectivity index (χ1v) is 7.86. The Morgan fingerprint density at radius 2 is 2.13 bits per heavy atom. The highest BCUT2D eigenvalue weighted by Gasteiger charge is 2.71. The largest absolute Gasteiger partial charge is 0.463 e. The molecule has 0 aliphatic carbocycles. The monoisotopic (exact) mass is 321 g/mol. The van der Waals surface area contributed by atoms with E-state index in [4.69, 9.17) is 9.15 Å². The van der Waals surface area contributed by atoms with Crippen molar-refractivity contribution in [3.8, 4) is 0 Å². The van der Waals surface area contributed by atoms with Crippen molar-refractivity contribution in [3.63, 3.8) is 0 Å². The van der Waals surface area contributed by atoms with E-state index in [1.807, 2.05) is 6.92 Å². The Morgan fingerprint density at radius 3 is 2.70 bits per heavy atom. The molecule has 0 saturated carbocycles. The lowest BCUT2D eigenvalue weighted by Gasteiger charge is -2.27. The van der Waals surface area contributed by atoms with E-state index in [1.54, 1.807) is 24.4 Å². The molecule has 2 aliphatic rings. The molecule has 1 aromatic rings. The second-order valence-electron chi connectivity index (χ2n) is 6.06. The summed E-state index contributed by atoms with van der Waals surface area (Å²) in [5.74, 6) is -1.77. The summed E-state index contributed by atoms with van der Waals surface area (Å²) in [6, 6.07) is 3.10. The number of nitrogens with two attached hydrogens (primary N) is 1. The molecule has 3 rings (SSSR count). The summed E-state index contributed by atoms with van der Waals surface area (Å²) in [5, 5.41) is 1.79. The second kappa shape index (κ2) is 5.49. The van der Waals surface area contributed by atoms with Gasteiger partial charge in [-0.1, -0.05) is 6.92 Å². The molecule has 23 heavy (non-hydrogen) atoms. The van der Waals surface area contributed by atoms with Gasteiger partial charge in [0.25, 0.3) is 0 Å². The molecule has 2 N–H and O–H groups in total. The molecule has 7 heteroatoms. The van der Waals surface area contributed by atoms with Gasteiger partial charge in [0.1, 0.15) is 11.8 Å². The topological polar surface area (TPSA) is 93.4 Å². The quantitative estimate of drug-likeness (QED) is 0.614. The maximum Gasteiger partial charge on any atom is 0.368 e. The van der Waals surface area contributed by atoms with Crippen molar-refractivity contribution in [2.45, 2.75) is 31.8 Å². The number of likely N-dealkylation sites (tertiary alicyclic amines) is 1. The molecule has 2 saturated heterocycles. The van der Waals surface area contributed by atoms with Gasteiger partial charge in [-0.2, -0.15) is 0 Å². The number of rotatable bonds is 4. The average Bonchev–Trinajstić information content (AvgIpc) is 3.22. The van der Waals surface area contributed by atoms with E-state index in [2.05, 4.69) is 0 Å². The summed E-state index contributed by atoms with van der Waals surface area (Å²) < 4.78 is 10.7. The molecule has 0 spiro atoms. The Kier molecular flexibility index (Phi) is 3.75. The van der Waals surface area contributed by atoms with Gasteiger partial charge in [-0.05, 0) is 19.1 Å². The third kappa shape index (κ3) is 2.03. The number of ether oxygens (including phenoxy) is 1. The molecule has 124 valence electrons. The van der Waals surface area contributed by atoms with Crippen LogP contribution >= 0.6 is 0 Å². The van der Waals surface area contributed by atoms with Crippen LogP contribution in [0.15, 0.2) is 22.8 Å². The predicted molar refractivity (Wildman–Crippen MR) is 77.8 cm³/mol. The number of nitrogens with zero attached hydrogens (tertiary/aromatic N) is 1. The van der Waals surface area contributed by atoms with Crippen LogP contribution in [0.25, 0.3) is 0 Å². The number of quaternary nitrogens is 1. The maximum absolute atomic E-state index is 12.6. The summed E-state index contributed by atoms with van der Waals surface area (Å²) in [7, 11) is 1.47. The van der Waals surface area contributed by atoms with Gasteiger partial charge in [-0.3, -0.25) is 14.5 Å². The van der Waals surface area contributed by atoms with E-state index in [-0.39, 0.29) is 18.4 Å². The van der Waals surface area contributed by atoms with Gasteiger partial charge in [-0.15, -0.1) is 0 Å². The number of imide groups is 1. The number of esters is 1. The zero-order chi connectivity index (χ0) is 16.8. The molecule has 0 radical (unpaired) electrons. The molecule has 1 aromatic heterocycles. The molecular weight excluding hydrogens is 300 g/mol. The number of carbonyl (C=O) groups excluding carboxylic acids is 3. The second-order valence-corrected chi connectivity index (χ2v) is 6.06. The first-order valence-electron chi connectivity index (χ1n) is 7.86. The van der Waals surface area contributed by atoms with Crippen LogP contribution in [-0.4, -0.2) is 41.9 Å². The summed E-state index contributed by atoms with van der Waals surface area (Å²) in [6.45, 7) is 3.80. The SMILES string of the molecule is CCOC(=O)[C@]1(CC)[NH2+][C@@H](c2ccco2)[C@H]2C(=O)N(C)C(=O)[C@H]21. The van der Waals surface area contributed by atoms with Crippen molar-refractivity contribution in [1.82, 2.24) is 4.90 Å². The van der Waals surface area contributed by atoms with Gasteiger partial charge in [-0.25, -0.2) is 4.79 Å². The fourth-order valence-electron chi connectivity index (χ4n) is 3.95. The van der Waals surface area contributed by atoms with Crippen LogP contribution in [0.1, 0.15) is 32.1 Å². The number of amides is 2. The van der Waals surface area contributed by atoms with E-state index in [0.717, 1.165) is 4.90 Å². The van der Waals surface area contributed by atoms with E-state index in [1.165, 1.54) is 13.3 Å². The molecule has 7 nitrogen and oxygen atoms in total. The fraction of sp³-hybridized carbons (Fsp3) is 0.562. The third-order valence-corrected chi connectivity index (χ3v) is 5.10. The van der Waals surface area contributed by atoms with Gasteiger partial charge < -0.3 is 14.5 Å². The Hall–Kier alpha value is -2.15. The standard InChI is InChI=1S/C16H20N2O5/c1-4-16(15(21)22-5-2)11-10(13(19)18(3)14(11)20)12(17-16)9-7-6-8-23-9/h6-8,10-12,17H,4-5H2,1-3H3/p+1/t10-,11-,12-,16+/m0/s1. The van der Waals surface area contributed by atoms with Crippen LogP contribution in [0.3, 0.4) is 0 Å². The molecule has 0 unspecified atom stereocenters. The van der Waals surface area contributed by atoms with Gasteiger partial charge >= 0.3 is 5.97 Å². The zero-order valence-corrected chi connectivity index (χ0v) is 13.4. The lowest BCUT2D eigenvalue weighted by Crippen LogP contribution is -2.98. The first kappa shape index (κ1) is 15.7. The van der Waals surface area contributed by atoms with Crippen LogP contribution in [-0.2, 0) is 19.1 Å². The van der Waals surface area contributed by atoms with E-state index in [9.17, 15) is 14.4 Å². The van der Waals surface area contributed by atoms with E-state index >= 15 is 0 Å². The van der Waals surface area contributed by atoms with E-state index < -0.39 is 29.4 Å². The van der Waals surface area contributed by atoms with Crippen molar-refractivity contribution in [1.29, 1.82) is 0 Å². The van der Waals surface area contributed by atoms with Crippen molar-refractivity contribution in [2.75, 3.05) is 13.7 Å². The summed E-state index contributed by atoms with van der Waals surface area (Å²) in [6.07, 6.45) is 1.93. The van der Waals surface area contributed by atoms with E-state index in [0.29, 0.717) is 12.2 Å². The zero-order valence-electron chi connectivity index (χ0n) is 13.4. The molecule has 2 aliphatic heterocycles. The molecule has 2 amide bonds. The minimum atomic E-state index is -1.09. The fourth-order valence-corrected chi connectivity index (χ4v) is 3.95. The van der Waals surface area contributed by atoms with Gasteiger partial charge in [0.05, 0.1) is 12.9 Å². The summed E-state index contributed by atoms with van der Waals surface area (Å²) >= 11 is 0. The minimum Gasteiger partial charge on any atom is -0.463 e. The average molecular weight is 321 g/mol. The lowest BCUT2D eigenvalue weighted by molar-refractivity contribution is -0.736. The molecule has 2 fully saturated rings. The van der Waals surface area contributed by atoms with Crippen molar-refractivity contribution in [3.05, 3.63) is 24.2 Å². The number of hydrogen-bond donors (Lipinski definition) is 1. The summed E-state index contributed by atoms with van der Waals surface area (Å²) in [5.41, 5.74) is -1.09. The normalized spacial score (nSPS) is 33.2. The Morgan fingerprint density at radius 1 is 1.39 bits per heavy atom. The number of carbonyl (C=O) groups is 3. The molecule has 4 atom stereocenters. The van der Waals surface area contributed by atoms with Crippen LogP contribution in [0.5, 0.6) is 0 Å². The van der Waals surface area contributed by atoms with Gasteiger partial charge in [0.2, 0.25) is 17.4 Å². The molecular formula is C16H21N2O5+. The highest BCUT2D eigenvalue weighted by molar-refractivity contribution is 6.08. The first-order chi connectivity index (χ1) is 11.0. The van der Waals surface area contributed by atoms with Gasteiger partial charge in [0, 0.05) is 13.5 Å².